The van der Waals surface area contributed by atoms with Crippen molar-refractivity contribution in [2.75, 3.05) is 5.32 Å². The van der Waals surface area contributed by atoms with Crippen molar-refractivity contribution in [1.82, 2.24) is 10.6 Å². The second-order valence-electron chi connectivity index (χ2n) is 5.57. The zero-order valence-corrected chi connectivity index (χ0v) is 12.9. The molecule has 120 valence electrons. The number of nitrogens with zero attached hydrogens (tertiary/aromatic N) is 1. The minimum atomic E-state index is -0.462. The van der Waals surface area contributed by atoms with Gasteiger partial charge in [-0.2, -0.15) is 5.26 Å². The standard InChI is InChI=1S/C18H16N4O2/c19-10-12-2-1-3-13(8-12)11-20-15-6-4-14(5-7-15)16-9-17(23)22-18(24)21-16/h1-8,16,20H,9,11H2,(H2,21,22,23,24). The number of hydrogen-bond acceptors (Lipinski definition) is 4. The second kappa shape index (κ2) is 6.84. The fraction of sp³-hybridized carbons (Fsp3) is 0.167. The maximum atomic E-state index is 11.4. The minimum Gasteiger partial charge on any atom is -0.381 e. The first-order chi connectivity index (χ1) is 11.6. The number of amides is 3. The molecule has 1 saturated heterocycles. The minimum absolute atomic E-state index is 0.236. The van der Waals surface area contributed by atoms with Crippen molar-refractivity contribution in [3.05, 3.63) is 65.2 Å². The van der Waals surface area contributed by atoms with Gasteiger partial charge >= 0.3 is 6.03 Å². The van der Waals surface area contributed by atoms with Gasteiger partial charge < -0.3 is 10.6 Å². The smallest absolute Gasteiger partial charge is 0.321 e. The Hall–Kier alpha value is -3.33. The third kappa shape index (κ3) is 3.70. The molecule has 0 saturated carbocycles. The van der Waals surface area contributed by atoms with Crippen molar-refractivity contribution in [1.29, 1.82) is 5.26 Å². The van der Waals surface area contributed by atoms with Crippen LogP contribution in [0.4, 0.5) is 10.5 Å². The summed E-state index contributed by atoms with van der Waals surface area (Å²) in [5, 5.41) is 17.1. The Morgan fingerprint density at radius 3 is 2.67 bits per heavy atom. The van der Waals surface area contributed by atoms with Crippen LogP contribution >= 0.6 is 0 Å². The predicted molar refractivity (Wildman–Crippen MR) is 89.0 cm³/mol. The summed E-state index contributed by atoms with van der Waals surface area (Å²) in [4.78, 5) is 22.8. The summed E-state index contributed by atoms with van der Waals surface area (Å²) in [5.74, 6) is -0.275. The molecule has 2 aromatic carbocycles. The summed E-state index contributed by atoms with van der Waals surface area (Å²) < 4.78 is 0. The number of imide groups is 1. The zero-order chi connectivity index (χ0) is 16.9. The molecule has 2 aromatic rings. The largest absolute Gasteiger partial charge is 0.381 e. The molecule has 0 radical (unpaired) electrons. The molecule has 6 nitrogen and oxygen atoms in total. The summed E-state index contributed by atoms with van der Waals surface area (Å²) in [7, 11) is 0. The van der Waals surface area contributed by atoms with Crippen LogP contribution in [0.25, 0.3) is 0 Å². The molecule has 0 bridgehead atoms. The number of anilines is 1. The lowest BCUT2D eigenvalue weighted by Crippen LogP contribution is -2.48. The Kier molecular flexibility index (Phi) is 4.43. The molecule has 3 N–H and O–H groups in total. The van der Waals surface area contributed by atoms with E-state index in [4.69, 9.17) is 5.26 Å². The molecular formula is C18H16N4O2. The third-order valence-corrected chi connectivity index (χ3v) is 3.81. The highest BCUT2D eigenvalue weighted by Crippen LogP contribution is 2.21. The van der Waals surface area contributed by atoms with Gasteiger partial charge in [-0.25, -0.2) is 4.79 Å². The summed E-state index contributed by atoms with van der Waals surface area (Å²) in [6.07, 6.45) is 0.236. The van der Waals surface area contributed by atoms with Gasteiger partial charge in [-0.15, -0.1) is 0 Å². The lowest BCUT2D eigenvalue weighted by molar-refractivity contribution is -0.121. The molecule has 0 spiro atoms. The van der Waals surface area contributed by atoms with Crippen LogP contribution in [-0.4, -0.2) is 11.9 Å². The van der Waals surface area contributed by atoms with E-state index in [0.717, 1.165) is 16.8 Å². The molecule has 1 aliphatic heterocycles. The van der Waals surface area contributed by atoms with Gasteiger partial charge in [-0.1, -0.05) is 24.3 Å². The molecule has 1 heterocycles. The monoisotopic (exact) mass is 320 g/mol. The van der Waals surface area contributed by atoms with Crippen molar-refractivity contribution in [3.63, 3.8) is 0 Å². The average molecular weight is 320 g/mol. The first kappa shape index (κ1) is 15.6. The normalized spacial score (nSPS) is 16.7. The number of carbonyl (C=O) groups is 2. The molecule has 0 aromatic heterocycles. The SMILES string of the molecule is N#Cc1cccc(CNc2ccc(C3CC(=O)NC(=O)N3)cc2)c1. The van der Waals surface area contributed by atoms with Gasteiger partial charge in [0, 0.05) is 12.2 Å². The van der Waals surface area contributed by atoms with E-state index in [9.17, 15) is 9.59 Å². The van der Waals surface area contributed by atoms with E-state index >= 15 is 0 Å². The maximum absolute atomic E-state index is 11.4. The summed E-state index contributed by atoms with van der Waals surface area (Å²) in [5.41, 5.74) is 3.47. The summed E-state index contributed by atoms with van der Waals surface area (Å²) in [6, 6.07) is 16.4. The van der Waals surface area contributed by atoms with E-state index in [1.54, 1.807) is 6.07 Å². The summed E-state index contributed by atoms with van der Waals surface area (Å²) in [6.45, 7) is 0.609. The molecule has 0 aliphatic carbocycles. The van der Waals surface area contributed by atoms with E-state index in [0.29, 0.717) is 12.1 Å². The number of urea groups is 1. The van der Waals surface area contributed by atoms with Crippen LogP contribution in [0.1, 0.15) is 29.2 Å². The van der Waals surface area contributed by atoms with Gasteiger partial charge in [-0.05, 0) is 35.4 Å². The zero-order valence-electron chi connectivity index (χ0n) is 12.9. The van der Waals surface area contributed by atoms with Gasteiger partial charge in [0.1, 0.15) is 0 Å². The van der Waals surface area contributed by atoms with Crippen LogP contribution < -0.4 is 16.0 Å². The summed E-state index contributed by atoms with van der Waals surface area (Å²) >= 11 is 0. The van der Waals surface area contributed by atoms with E-state index in [1.807, 2.05) is 42.5 Å². The van der Waals surface area contributed by atoms with E-state index in [2.05, 4.69) is 22.0 Å². The highest BCUT2D eigenvalue weighted by Gasteiger charge is 2.24. The van der Waals surface area contributed by atoms with Gasteiger partial charge in [0.25, 0.3) is 0 Å². The maximum Gasteiger partial charge on any atom is 0.321 e. The number of nitrogens with one attached hydrogen (secondary N) is 3. The Morgan fingerprint density at radius 2 is 1.96 bits per heavy atom. The van der Waals surface area contributed by atoms with Gasteiger partial charge in [0.15, 0.2) is 0 Å². The fourth-order valence-electron chi connectivity index (χ4n) is 2.60. The van der Waals surface area contributed by atoms with Gasteiger partial charge in [0.2, 0.25) is 5.91 Å². The molecule has 3 rings (SSSR count). The number of rotatable bonds is 4. The lowest BCUT2D eigenvalue weighted by Gasteiger charge is -2.23. The molecule has 3 amide bonds. The first-order valence-electron chi connectivity index (χ1n) is 7.57. The van der Waals surface area contributed by atoms with Crippen molar-refractivity contribution >= 4 is 17.6 Å². The third-order valence-electron chi connectivity index (χ3n) is 3.81. The predicted octanol–water partition coefficient (Wildman–Crippen LogP) is 2.44. The van der Waals surface area contributed by atoms with Crippen molar-refractivity contribution in [2.24, 2.45) is 0 Å². The van der Waals surface area contributed by atoms with Crippen LogP contribution in [-0.2, 0) is 11.3 Å². The number of carbonyl (C=O) groups excluding carboxylic acids is 2. The average Bonchev–Trinajstić information content (AvgIpc) is 2.60. The molecule has 1 fully saturated rings. The molecule has 6 heteroatoms. The van der Waals surface area contributed by atoms with Crippen molar-refractivity contribution < 1.29 is 9.59 Å². The van der Waals surface area contributed by atoms with Crippen LogP contribution in [0.15, 0.2) is 48.5 Å². The van der Waals surface area contributed by atoms with Crippen LogP contribution in [0.3, 0.4) is 0 Å². The van der Waals surface area contributed by atoms with Crippen molar-refractivity contribution in [3.8, 4) is 6.07 Å². The molecule has 1 unspecified atom stereocenters. The Balaban J connectivity index is 1.63. The molecular weight excluding hydrogens is 304 g/mol. The van der Waals surface area contributed by atoms with E-state index < -0.39 is 6.03 Å². The Labute approximate surface area is 139 Å². The molecule has 1 atom stereocenters. The number of nitriles is 1. The second-order valence-corrected chi connectivity index (χ2v) is 5.57. The van der Waals surface area contributed by atoms with Gasteiger partial charge in [0.05, 0.1) is 24.1 Å². The number of benzene rings is 2. The highest BCUT2D eigenvalue weighted by atomic mass is 16.2. The first-order valence-corrected chi connectivity index (χ1v) is 7.57. The Morgan fingerprint density at radius 1 is 1.17 bits per heavy atom. The Bertz CT molecular complexity index is 793. The van der Waals surface area contributed by atoms with Crippen LogP contribution in [0, 0.1) is 11.3 Å². The lowest BCUT2D eigenvalue weighted by atomic mass is 10.0. The molecule has 1 aliphatic rings. The van der Waals surface area contributed by atoms with E-state index in [1.165, 1.54) is 0 Å². The van der Waals surface area contributed by atoms with Gasteiger partial charge in [-0.3, -0.25) is 10.1 Å². The number of hydrogen-bond donors (Lipinski definition) is 3. The quantitative estimate of drug-likeness (QED) is 0.806. The van der Waals surface area contributed by atoms with Crippen LogP contribution in [0.5, 0.6) is 0 Å². The van der Waals surface area contributed by atoms with Crippen LogP contribution in [0.2, 0.25) is 0 Å². The highest BCUT2D eigenvalue weighted by molar-refractivity contribution is 5.97. The fourth-order valence-corrected chi connectivity index (χ4v) is 2.60. The molecule has 24 heavy (non-hydrogen) atoms. The topological polar surface area (TPSA) is 94.0 Å². The van der Waals surface area contributed by atoms with Crippen molar-refractivity contribution in [2.45, 2.75) is 19.0 Å². The van der Waals surface area contributed by atoms with E-state index in [-0.39, 0.29) is 18.4 Å².